The third-order valence-corrected chi connectivity index (χ3v) is 1.64. The van der Waals surface area contributed by atoms with E-state index in [1.54, 1.807) is 0 Å². The smallest absolute Gasteiger partial charge is 0.286 e. The molecule has 1 atom stereocenters. The van der Waals surface area contributed by atoms with E-state index in [9.17, 15) is 9.59 Å². The van der Waals surface area contributed by atoms with Gasteiger partial charge in [-0.3, -0.25) is 14.9 Å². The number of hydrogen-bond donors (Lipinski definition) is 3. The predicted octanol–water partition coefficient (Wildman–Crippen LogP) is -1.65. The van der Waals surface area contributed by atoms with Crippen LogP contribution >= 0.6 is 0 Å². The summed E-state index contributed by atoms with van der Waals surface area (Å²) in [5, 5.41) is 19.7. The molecule has 0 aliphatic carbocycles. The molecule has 62 valence electrons. The fourth-order valence-electron chi connectivity index (χ4n) is 0.948. The van der Waals surface area contributed by atoms with Gasteiger partial charge in [0.2, 0.25) is 11.7 Å². The third-order valence-electron chi connectivity index (χ3n) is 1.64. The molecule has 1 aliphatic rings. The molecule has 0 aromatic carbocycles. The molecule has 0 bridgehead atoms. The van der Waals surface area contributed by atoms with Gasteiger partial charge in [-0.15, -0.1) is 0 Å². The molecular formula is C6H9NO4. The Bertz CT molecular complexity index is 211. The Kier molecular flexibility index (Phi) is 1.69. The molecular weight excluding hydrogens is 150 g/mol. The van der Waals surface area contributed by atoms with Gasteiger partial charge in [-0.05, 0) is 0 Å². The molecule has 1 rings (SSSR count). The summed E-state index contributed by atoms with van der Waals surface area (Å²) >= 11 is 0. The van der Waals surface area contributed by atoms with E-state index >= 15 is 0 Å². The zero-order valence-electron chi connectivity index (χ0n) is 6.00. The lowest BCUT2D eigenvalue weighted by Gasteiger charge is -2.28. The number of amides is 2. The maximum absolute atomic E-state index is 10.7. The maximum atomic E-state index is 10.7. The first kappa shape index (κ1) is 8.16. The summed E-state index contributed by atoms with van der Waals surface area (Å²) in [7, 11) is 0. The molecule has 1 unspecified atom stereocenters. The van der Waals surface area contributed by atoms with Crippen molar-refractivity contribution in [2.75, 3.05) is 0 Å². The highest BCUT2D eigenvalue weighted by Crippen LogP contribution is 2.18. The molecule has 5 nitrogen and oxygen atoms in total. The van der Waals surface area contributed by atoms with Gasteiger partial charge < -0.3 is 10.2 Å². The Balaban J connectivity index is 2.79. The zero-order chi connectivity index (χ0) is 8.65. The minimum Gasteiger partial charge on any atom is -0.358 e. The summed E-state index contributed by atoms with van der Waals surface area (Å²) in [6.07, 6.45) is -0.238. The summed E-state index contributed by atoms with van der Waals surface area (Å²) in [6, 6.07) is 0. The van der Waals surface area contributed by atoms with Crippen LogP contribution in [0.3, 0.4) is 0 Å². The van der Waals surface area contributed by atoms with Crippen molar-refractivity contribution in [1.82, 2.24) is 5.32 Å². The highest BCUT2D eigenvalue weighted by molar-refractivity contribution is 6.01. The van der Waals surface area contributed by atoms with Gasteiger partial charge in [0.25, 0.3) is 5.91 Å². The number of hydrogen-bond acceptors (Lipinski definition) is 4. The minimum atomic E-state index is -2.38. The lowest BCUT2D eigenvalue weighted by atomic mass is 9.95. The number of carbonyl (C=O) groups is 2. The van der Waals surface area contributed by atoms with Crippen molar-refractivity contribution in [2.24, 2.45) is 5.92 Å². The molecule has 5 heteroatoms. The lowest BCUT2D eigenvalue weighted by molar-refractivity contribution is -0.198. The van der Waals surface area contributed by atoms with E-state index in [1.807, 2.05) is 5.32 Å². The summed E-state index contributed by atoms with van der Waals surface area (Å²) < 4.78 is 0. The molecule has 0 spiro atoms. The second-order valence-electron chi connectivity index (χ2n) is 2.74. The van der Waals surface area contributed by atoms with E-state index in [2.05, 4.69) is 0 Å². The van der Waals surface area contributed by atoms with E-state index in [4.69, 9.17) is 10.2 Å². The van der Waals surface area contributed by atoms with Crippen molar-refractivity contribution < 1.29 is 19.8 Å². The van der Waals surface area contributed by atoms with Crippen LogP contribution in [-0.2, 0) is 9.59 Å². The highest BCUT2D eigenvalue weighted by Gasteiger charge is 2.42. The lowest BCUT2D eigenvalue weighted by Crippen LogP contribution is -2.56. The fraction of sp³-hybridized carbons (Fsp3) is 0.667. The minimum absolute atomic E-state index is 0.238. The van der Waals surface area contributed by atoms with Crippen LogP contribution in [0.25, 0.3) is 0 Å². The predicted molar refractivity (Wildman–Crippen MR) is 34.1 cm³/mol. The van der Waals surface area contributed by atoms with Gasteiger partial charge in [0.1, 0.15) is 0 Å². The summed E-state index contributed by atoms with van der Waals surface area (Å²) in [5.74, 6) is -4.43. The Morgan fingerprint density at radius 3 is 2.55 bits per heavy atom. The summed E-state index contributed by atoms with van der Waals surface area (Å²) in [5.41, 5.74) is 0. The second-order valence-corrected chi connectivity index (χ2v) is 2.74. The first-order valence-electron chi connectivity index (χ1n) is 3.23. The van der Waals surface area contributed by atoms with E-state index < -0.39 is 23.5 Å². The number of piperidine rings is 1. The third kappa shape index (κ3) is 1.38. The Labute approximate surface area is 63.0 Å². The van der Waals surface area contributed by atoms with Crippen molar-refractivity contribution >= 4 is 11.8 Å². The first-order chi connectivity index (χ1) is 4.93. The molecule has 0 aromatic rings. The number of rotatable bonds is 0. The molecule has 1 saturated heterocycles. The Morgan fingerprint density at radius 1 is 1.55 bits per heavy atom. The topological polar surface area (TPSA) is 86.6 Å². The quantitative estimate of drug-likeness (QED) is 0.292. The highest BCUT2D eigenvalue weighted by atomic mass is 16.5. The molecule has 1 aliphatic heterocycles. The number of imide groups is 1. The van der Waals surface area contributed by atoms with Crippen molar-refractivity contribution in [1.29, 1.82) is 0 Å². The van der Waals surface area contributed by atoms with E-state index in [0.29, 0.717) is 0 Å². The SMILES string of the molecule is CC1CC(O)(O)C(=O)NC1=O. The molecule has 1 heterocycles. The monoisotopic (exact) mass is 159 g/mol. The zero-order valence-corrected chi connectivity index (χ0v) is 6.00. The van der Waals surface area contributed by atoms with Crippen LogP contribution in [0.5, 0.6) is 0 Å². The van der Waals surface area contributed by atoms with Gasteiger partial charge in [0.05, 0.1) is 0 Å². The van der Waals surface area contributed by atoms with Crippen LogP contribution in [0.4, 0.5) is 0 Å². The molecule has 0 radical (unpaired) electrons. The van der Waals surface area contributed by atoms with Crippen LogP contribution in [0, 0.1) is 5.92 Å². The molecule has 2 amide bonds. The van der Waals surface area contributed by atoms with Gasteiger partial charge in [-0.1, -0.05) is 6.92 Å². The van der Waals surface area contributed by atoms with Gasteiger partial charge in [0, 0.05) is 12.3 Å². The number of nitrogens with one attached hydrogen (secondary N) is 1. The average molecular weight is 159 g/mol. The average Bonchev–Trinajstić information content (AvgIpc) is 1.83. The molecule has 11 heavy (non-hydrogen) atoms. The van der Waals surface area contributed by atoms with Crippen molar-refractivity contribution in [2.45, 2.75) is 19.1 Å². The van der Waals surface area contributed by atoms with Crippen LogP contribution in [0.2, 0.25) is 0 Å². The molecule has 1 fully saturated rings. The fourth-order valence-corrected chi connectivity index (χ4v) is 0.948. The van der Waals surface area contributed by atoms with Crippen molar-refractivity contribution in [3.8, 4) is 0 Å². The summed E-state index contributed by atoms with van der Waals surface area (Å²) in [6.45, 7) is 1.52. The molecule has 0 aromatic heterocycles. The number of carbonyl (C=O) groups excluding carboxylic acids is 2. The van der Waals surface area contributed by atoms with Gasteiger partial charge in [-0.2, -0.15) is 0 Å². The van der Waals surface area contributed by atoms with Crippen LogP contribution in [0.15, 0.2) is 0 Å². The normalized spacial score (nSPS) is 29.9. The van der Waals surface area contributed by atoms with Gasteiger partial charge >= 0.3 is 0 Å². The standard InChI is InChI=1S/C6H9NO4/c1-3-2-6(10,11)5(9)7-4(3)8/h3,10-11H,2H2,1H3,(H,7,8,9). The van der Waals surface area contributed by atoms with E-state index in [1.165, 1.54) is 6.92 Å². The largest absolute Gasteiger partial charge is 0.358 e. The molecule has 3 N–H and O–H groups in total. The molecule has 0 saturated carbocycles. The van der Waals surface area contributed by atoms with Crippen molar-refractivity contribution in [3.63, 3.8) is 0 Å². The van der Waals surface area contributed by atoms with E-state index in [-0.39, 0.29) is 6.42 Å². The van der Waals surface area contributed by atoms with Crippen LogP contribution < -0.4 is 5.32 Å². The first-order valence-corrected chi connectivity index (χ1v) is 3.23. The Hall–Kier alpha value is -0.940. The van der Waals surface area contributed by atoms with Crippen LogP contribution in [0.1, 0.15) is 13.3 Å². The Morgan fingerprint density at radius 2 is 2.09 bits per heavy atom. The van der Waals surface area contributed by atoms with Crippen LogP contribution in [-0.4, -0.2) is 27.8 Å². The van der Waals surface area contributed by atoms with E-state index in [0.717, 1.165) is 0 Å². The summed E-state index contributed by atoms with van der Waals surface area (Å²) in [4.78, 5) is 21.4. The van der Waals surface area contributed by atoms with Crippen molar-refractivity contribution in [3.05, 3.63) is 0 Å². The van der Waals surface area contributed by atoms with Gasteiger partial charge in [0.15, 0.2) is 0 Å². The number of aliphatic hydroxyl groups is 2. The van der Waals surface area contributed by atoms with Gasteiger partial charge in [-0.25, -0.2) is 0 Å². The maximum Gasteiger partial charge on any atom is 0.286 e. The second kappa shape index (κ2) is 2.28.